The van der Waals surface area contributed by atoms with Crippen LogP contribution in [0.25, 0.3) is 0 Å². The zero-order chi connectivity index (χ0) is 17.0. The van der Waals surface area contributed by atoms with Gasteiger partial charge in [0.25, 0.3) is 0 Å². The molecule has 0 radical (unpaired) electrons. The van der Waals surface area contributed by atoms with Crippen LogP contribution in [0.15, 0.2) is 12.2 Å². The number of carboxylic acid groups (broad SMARTS) is 2. The molecule has 1 atom stereocenters. The molecule has 0 bridgehead atoms. The summed E-state index contributed by atoms with van der Waals surface area (Å²) in [5.74, 6) is -3.04. The molecule has 2 fully saturated rings. The Labute approximate surface area is 136 Å². The summed E-state index contributed by atoms with van der Waals surface area (Å²) in [6.07, 6.45) is 7.50. The highest BCUT2D eigenvalue weighted by atomic mass is 16.4. The molecule has 128 valence electrons. The monoisotopic (exact) mass is 322 g/mol. The predicted octanol–water partition coefficient (Wildman–Crippen LogP) is 3.43. The van der Waals surface area contributed by atoms with Crippen molar-refractivity contribution in [2.75, 3.05) is 0 Å². The van der Waals surface area contributed by atoms with E-state index in [-0.39, 0.29) is 29.6 Å². The van der Waals surface area contributed by atoms with Gasteiger partial charge in [0.2, 0.25) is 0 Å². The molecule has 5 nitrogen and oxygen atoms in total. The Hall–Kier alpha value is -1.65. The maximum atomic E-state index is 12.7. The predicted molar refractivity (Wildman–Crippen MR) is 85.0 cm³/mol. The fourth-order valence-electron chi connectivity index (χ4n) is 4.33. The molecular weight excluding hydrogens is 296 g/mol. The molecule has 2 saturated carbocycles. The third-order valence-corrected chi connectivity index (χ3v) is 5.74. The van der Waals surface area contributed by atoms with Gasteiger partial charge >= 0.3 is 11.9 Å². The molecule has 1 unspecified atom stereocenters. The molecule has 0 aliphatic heterocycles. The molecule has 2 rings (SSSR count). The van der Waals surface area contributed by atoms with E-state index in [0.29, 0.717) is 12.8 Å². The van der Waals surface area contributed by atoms with Crippen molar-refractivity contribution in [1.82, 2.24) is 0 Å². The first-order valence-corrected chi connectivity index (χ1v) is 8.58. The summed E-state index contributed by atoms with van der Waals surface area (Å²) >= 11 is 0. The summed E-state index contributed by atoms with van der Waals surface area (Å²) in [5.41, 5.74) is -1.97. The third kappa shape index (κ3) is 3.48. The lowest BCUT2D eigenvalue weighted by Gasteiger charge is -2.36. The Morgan fingerprint density at radius 3 is 1.91 bits per heavy atom. The largest absolute Gasteiger partial charge is 0.481 e. The van der Waals surface area contributed by atoms with Crippen molar-refractivity contribution >= 4 is 17.7 Å². The number of carbonyl (C=O) groups is 3. The highest BCUT2D eigenvalue weighted by Gasteiger charge is 2.52. The highest BCUT2D eigenvalue weighted by molar-refractivity contribution is 5.99. The number of aliphatic carboxylic acids is 2. The van der Waals surface area contributed by atoms with Crippen LogP contribution in [0.5, 0.6) is 0 Å². The Bertz CT molecular complexity index is 498. The van der Waals surface area contributed by atoms with Crippen LogP contribution in [-0.4, -0.2) is 27.9 Å². The van der Waals surface area contributed by atoms with Gasteiger partial charge in [0, 0.05) is 17.9 Å². The van der Waals surface area contributed by atoms with E-state index in [2.05, 4.69) is 6.58 Å². The van der Waals surface area contributed by atoms with Gasteiger partial charge in [-0.3, -0.25) is 9.59 Å². The summed E-state index contributed by atoms with van der Waals surface area (Å²) in [6.45, 7) is 3.56. The van der Waals surface area contributed by atoms with E-state index in [1.165, 1.54) is 0 Å². The van der Waals surface area contributed by atoms with Crippen molar-refractivity contribution in [3.8, 4) is 0 Å². The molecule has 0 aromatic carbocycles. The quantitative estimate of drug-likeness (QED) is 0.701. The van der Waals surface area contributed by atoms with E-state index < -0.39 is 17.4 Å². The van der Waals surface area contributed by atoms with Gasteiger partial charge in [0.15, 0.2) is 0 Å². The first kappa shape index (κ1) is 17.7. The van der Waals surface area contributed by atoms with Gasteiger partial charge in [-0.2, -0.15) is 0 Å². The van der Waals surface area contributed by atoms with Gasteiger partial charge in [-0.1, -0.05) is 38.7 Å². The number of hydrogen-bond acceptors (Lipinski definition) is 3. The molecule has 0 amide bonds. The van der Waals surface area contributed by atoms with Crippen LogP contribution in [0, 0.1) is 17.3 Å². The van der Waals surface area contributed by atoms with Crippen LogP contribution < -0.4 is 0 Å². The van der Waals surface area contributed by atoms with Gasteiger partial charge in [-0.05, 0) is 31.6 Å². The number of hydrogen-bond donors (Lipinski definition) is 2. The van der Waals surface area contributed by atoms with Crippen molar-refractivity contribution in [2.45, 2.75) is 64.2 Å². The molecule has 0 saturated heterocycles. The summed E-state index contributed by atoms with van der Waals surface area (Å²) in [6, 6.07) is 0. The van der Waals surface area contributed by atoms with Gasteiger partial charge in [-0.25, -0.2) is 4.79 Å². The first-order chi connectivity index (χ1) is 10.9. The molecule has 5 heteroatoms. The Balaban J connectivity index is 2.30. The van der Waals surface area contributed by atoms with Crippen LogP contribution in [0.3, 0.4) is 0 Å². The lowest BCUT2D eigenvalue weighted by atomic mass is 9.64. The minimum Gasteiger partial charge on any atom is -0.481 e. The molecule has 0 aromatic rings. The Morgan fingerprint density at radius 1 is 0.913 bits per heavy atom. The molecule has 2 aliphatic rings. The van der Waals surface area contributed by atoms with Crippen LogP contribution in [0.4, 0.5) is 0 Å². The van der Waals surface area contributed by atoms with E-state index >= 15 is 0 Å². The average Bonchev–Trinajstić information content (AvgIpc) is 3.06. The Kier molecular flexibility index (Phi) is 5.60. The van der Waals surface area contributed by atoms with E-state index in [1.54, 1.807) is 0 Å². The zero-order valence-corrected chi connectivity index (χ0v) is 13.6. The zero-order valence-electron chi connectivity index (χ0n) is 13.6. The van der Waals surface area contributed by atoms with Crippen LogP contribution in [0.2, 0.25) is 0 Å². The van der Waals surface area contributed by atoms with E-state index in [9.17, 15) is 24.6 Å². The maximum Gasteiger partial charge on any atom is 0.332 e. The molecule has 0 spiro atoms. The fourth-order valence-corrected chi connectivity index (χ4v) is 4.33. The van der Waals surface area contributed by atoms with Gasteiger partial charge in [-0.15, -0.1) is 0 Å². The summed E-state index contributed by atoms with van der Waals surface area (Å²) in [5, 5.41) is 19.3. The molecule has 2 aliphatic carbocycles. The molecule has 0 heterocycles. The maximum absolute atomic E-state index is 12.7. The second-order valence-corrected chi connectivity index (χ2v) is 7.02. The number of carbonyl (C=O) groups excluding carboxylic acids is 1. The van der Waals surface area contributed by atoms with Crippen LogP contribution in [0.1, 0.15) is 64.2 Å². The smallest absolute Gasteiger partial charge is 0.332 e. The van der Waals surface area contributed by atoms with Crippen LogP contribution >= 0.6 is 0 Å². The molecule has 2 N–H and O–H groups in total. The van der Waals surface area contributed by atoms with Crippen molar-refractivity contribution in [3.05, 3.63) is 12.2 Å². The lowest BCUT2D eigenvalue weighted by Crippen LogP contribution is -2.44. The lowest BCUT2D eigenvalue weighted by molar-refractivity contribution is -0.156. The van der Waals surface area contributed by atoms with E-state index in [0.717, 1.165) is 44.9 Å². The topological polar surface area (TPSA) is 91.7 Å². The van der Waals surface area contributed by atoms with Gasteiger partial charge in [0.05, 0.1) is 0 Å². The fraction of sp³-hybridized carbons (Fsp3) is 0.722. The summed E-state index contributed by atoms with van der Waals surface area (Å²) < 4.78 is 0. The SMILES string of the molecule is C=C(C(=O)O)C(CC(=O)C1CCCCC1)(C(=O)O)C1CCCC1. The number of carboxylic acids is 2. The third-order valence-electron chi connectivity index (χ3n) is 5.74. The van der Waals surface area contributed by atoms with Crippen molar-refractivity contribution < 1.29 is 24.6 Å². The normalized spacial score (nSPS) is 22.4. The number of ketones is 1. The van der Waals surface area contributed by atoms with Gasteiger partial charge in [0.1, 0.15) is 11.2 Å². The number of rotatable bonds is 7. The number of Topliss-reactive ketones (excluding diaryl/α,β-unsaturated/α-hetero) is 1. The minimum absolute atomic E-state index is 0.0959. The van der Waals surface area contributed by atoms with Crippen molar-refractivity contribution in [1.29, 1.82) is 0 Å². The van der Waals surface area contributed by atoms with Crippen LogP contribution in [-0.2, 0) is 14.4 Å². The molecular formula is C18H26O5. The van der Waals surface area contributed by atoms with Gasteiger partial charge < -0.3 is 10.2 Å². The standard InChI is InChI=1S/C18H26O5/c1-12(16(20)21)18(17(22)23,14-9-5-6-10-14)11-15(19)13-7-3-2-4-8-13/h13-14H,1-11H2,(H,20,21)(H,22,23). The average molecular weight is 322 g/mol. The Morgan fingerprint density at radius 2 is 1.43 bits per heavy atom. The van der Waals surface area contributed by atoms with E-state index in [1.807, 2.05) is 0 Å². The molecule has 23 heavy (non-hydrogen) atoms. The second-order valence-electron chi connectivity index (χ2n) is 7.02. The first-order valence-electron chi connectivity index (χ1n) is 8.58. The molecule has 0 aromatic heterocycles. The second kappa shape index (κ2) is 7.28. The summed E-state index contributed by atoms with van der Waals surface area (Å²) in [4.78, 5) is 36.3. The summed E-state index contributed by atoms with van der Waals surface area (Å²) in [7, 11) is 0. The van der Waals surface area contributed by atoms with Crippen molar-refractivity contribution in [3.63, 3.8) is 0 Å². The van der Waals surface area contributed by atoms with E-state index in [4.69, 9.17) is 0 Å². The van der Waals surface area contributed by atoms with Crippen molar-refractivity contribution in [2.24, 2.45) is 17.3 Å². The minimum atomic E-state index is -1.64. The highest BCUT2D eigenvalue weighted by Crippen LogP contribution is 2.48.